The second kappa shape index (κ2) is 4.01. The van der Waals surface area contributed by atoms with Crippen LogP contribution in [0.15, 0.2) is 11.1 Å². The minimum absolute atomic E-state index is 0.00968. The first-order valence-corrected chi connectivity index (χ1v) is 5.70. The topological polar surface area (TPSA) is 57.6 Å². The molecule has 88 valence electrons. The summed E-state index contributed by atoms with van der Waals surface area (Å²) in [5.74, 6) is -0.0122. The van der Waals surface area contributed by atoms with E-state index in [2.05, 4.69) is 0 Å². The number of amides is 1. The number of allylic oxidation sites excluding steroid dienone is 1. The lowest BCUT2D eigenvalue weighted by atomic mass is 10.0. The van der Waals surface area contributed by atoms with Crippen LogP contribution in [0.4, 0.5) is 0 Å². The Kier molecular flexibility index (Phi) is 2.84. The maximum Gasteiger partial charge on any atom is 0.250 e. The van der Waals surface area contributed by atoms with Gasteiger partial charge in [0.1, 0.15) is 0 Å². The molecule has 1 amide bonds. The van der Waals surface area contributed by atoms with Crippen LogP contribution in [0.1, 0.15) is 33.1 Å². The van der Waals surface area contributed by atoms with Gasteiger partial charge >= 0.3 is 0 Å². The molecule has 0 aliphatic carbocycles. The molecular formula is C12H17NO3. The number of fused-ring (bicyclic) bond motifs is 1. The van der Waals surface area contributed by atoms with Gasteiger partial charge in [0, 0.05) is 23.6 Å². The Balaban J connectivity index is 2.37. The Morgan fingerprint density at radius 2 is 1.94 bits per heavy atom. The maximum atomic E-state index is 12.2. The van der Waals surface area contributed by atoms with E-state index in [0.717, 1.165) is 12.8 Å². The largest absolute Gasteiger partial charge is 0.394 e. The van der Waals surface area contributed by atoms with Gasteiger partial charge in [-0.2, -0.15) is 0 Å². The molecule has 0 unspecified atom stereocenters. The number of carbonyl (C=O) groups excluding carboxylic acids is 2. The number of hydrogen-bond acceptors (Lipinski definition) is 3. The highest BCUT2D eigenvalue weighted by atomic mass is 16.3. The van der Waals surface area contributed by atoms with E-state index in [1.165, 1.54) is 0 Å². The van der Waals surface area contributed by atoms with Crippen molar-refractivity contribution in [1.82, 2.24) is 4.90 Å². The highest BCUT2D eigenvalue weighted by Gasteiger charge is 2.40. The Morgan fingerprint density at radius 1 is 1.25 bits per heavy atom. The van der Waals surface area contributed by atoms with Crippen LogP contribution in [0.3, 0.4) is 0 Å². The van der Waals surface area contributed by atoms with Crippen molar-refractivity contribution in [2.24, 2.45) is 0 Å². The van der Waals surface area contributed by atoms with Gasteiger partial charge in [0.15, 0.2) is 5.78 Å². The van der Waals surface area contributed by atoms with Crippen LogP contribution in [0, 0.1) is 0 Å². The zero-order chi connectivity index (χ0) is 11.9. The number of Topliss-reactive ketones (excluding diaryl/α,β-unsaturated/α-hetero) is 1. The average Bonchev–Trinajstić information content (AvgIpc) is 2.65. The van der Waals surface area contributed by atoms with Crippen molar-refractivity contribution in [3.63, 3.8) is 0 Å². The van der Waals surface area contributed by atoms with E-state index in [0.29, 0.717) is 17.6 Å². The molecule has 2 aliphatic rings. The van der Waals surface area contributed by atoms with Crippen molar-refractivity contribution in [2.45, 2.75) is 45.2 Å². The molecule has 0 aromatic heterocycles. The lowest BCUT2D eigenvalue weighted by molar-refractivity contribution is -0.130. The zero-order valence-electron chi connectivity index (χ0n) is 9.69. The quantitative estimate of drug-likeness (QED) is 0.710. The third-order valence-electron chi connectivity index (χ3n) is 3.79. The number of aliphatic hydroxyl groups excluding tert-OH is 1. The predicted molar refractivity (Wildman–Crippen MR) is 58.7 cm³/mol. The van der Waals surface area contributed by atoms with Gasteiger partial charge in [0.2, 0.25) is 5.91 Å². The standard InChI is InChI=1S/C12H17NO3/c1-7-8(2)12(16)13-9(5-11(7)15)3-4-10(13)6-14/h9-10,14H,3-6H2,1-2H3/t9-,10-/m1/s1. The lowest BCUT2D eigenvalue weighted by Gasteiger charge is -2.27. The molecule has 2 heterocycles. The highest BCUT2D eigenvalue weighted by Crippen LogP contribution is 2.31. The molecule has 0 bridgehead atoms. The minimum atomic E-state index is -0.105. The summed E-state index contributed by atoms with van der Waals surface area (Å²) in [5, 5.41) is 9.24. The number of aliphatic hydroxyl groups is 1. The first kappa shape index (κ1) is 11.3. The molecule has 2 aliphatic heterocycles. The lowest BCUT2D eigenvalue weighted by Crippen LogP contribution is -2.42. The highest BCUT2D eigenvalue weighted by molar-refractivity contribution is 6.07. The smallest absolute Gasteiger partial charge is 0.250 e. The van der Waals surface area contributed by atoms with Gasteiger partial charge in [-0.1, -0.05) is 0 Å². The monoisotopic (exact) mass is 223 g/mol. The Hall–Kier alpha value is -1.16. The fourth-order valence-electron chi connectivity index (χ4n) is 2.60. The Morgan fingerprint density at radius 3 is 2.56 bits per heavy atom. The summed E-state index contributed by atoms with van der Waals surface area (Å²) in [6.45, 7) is 3.40. The van der Waals surface area contributed by atoms with Crippen molar-refractivity contribution >= 4 is 11.7 Å². The molecule has 1 fully saturated rings. The number of hydrogen-bond donors (Lipinski definition) is 1. The van der Waals surface area contributed by atoms with Crippen molar-refractivity contribution in [3.8, 4) is 0 Å². The molecular weight excluding hydrogens is 206 g/mol. The number of rotatable bonds is 1. The maximum absolute atomic E-state index is 12.2. The summed E-state index contributed by atoms with van der Waals surface area (Å²) in [4.78, 5) is 25.7. The molecule has 4 heteroatoms. The van der Waals surface area contributed by atoms with E-state index < -0.39 is 0 Å². The third-order valence-corrected chi connectivity index (χ3v) is 3.79. The van der Waals surface area contributed by atoms with Crippen molar-refractivity contribution in [1.29, 1.82) is 0 Å². The fraction of sp³-hybridized carbons (Fsp3) is 0.667. The minimum Gasteiger partial charge on any atom is -0.394 e. The summed E-state index contributed by atoms with van der Waals surface area (Å²) >= 11 is 0. The van der Waals surface area contributed by atoms with E-state index in [4.69, 9.17) is 0 Å². The van der Waals surface area contributed by atoms with Gasteiger partial charge in [0.25, 0.3) is 0 Å². The first-order chi connectivity index (χ1) is 7.56. The molecule has 2 atom stereocenters. The van der Waals surface area contributed by atoms with Crippen molar-refractivity contribution in [3.05, 3.63) is 11.1 Å². The normalized spacial score (nSPS) is 30.8. The van der Waals surface area contributed by atoms with Crippen LogP contribution in [0.5, 0.6) is 0 Å². The van der Waals surface area contributed by atoms with E-state index in [1.807, 2.05) is 0 Å². The average molecular weight is 223 g/mol. The molecule has 4 nitrogen and oxygen atoms in total. The molecule has 2 rings (SSSR count). The SMILES string of the molecule is CC1=C(C)C(=O)N2[C@H](CC[C@@H]2CO)CC1=O. The number of ketones is 1. The van der Waals surface area contributed by atoms with Gasteiger partial charge in [-0.25, -0.2) is 0 Å². The third kappa shape index (κ3) is 1.57. The molecule has 0 radical (unpaired) electrons. The van der Waals surface area contributed by atoms with Crippen LogP contribution >= 0.6 is 0 Å². The van der Waals surface area contributed by atoms with Crippen LogP contribution in [-0.2, 0) is 9.59 Å². The molecule has 1 saturated heterocycles. The molecule has 0 spiro atoms. The summed E-state index contributed by atoms with van der Waals surface area (Å²) in [7, 11) is 0. The van der Waals surface area contributed by atoms with E-state index in [9.17, 15) is 14.7 Å². The van der Waals surface area contributed by atoms with E-state index >= 15 is 0 Å². The Labute approximate surface area is 94.9 Å². The summed E-state index contributed by atoms with van der Waals surface area (Å²) < 4.78 is 0. The predicted octanol–water partition coefficient (Wildman–Crippen LogP) is 0.647. The fourth-order valence-corrected chi connectivity index (χ4v) is 2.60. The summed E-state index contributed by atoms with van der Waals surface area (Å²) in [6.07, 6.45) is 2.03. The summed E-state index contributed by atoms with van der Waals surface area (Å²) in [6, 6.07) is -0.115. The van der Waals surface area contributed by atoms with Gasteiger partial charge in [0.05, 0.1) is 12.6 Å². The van der Waals surface area contributed by atoms with Gasteiger partial charge in [-0.05, 0) is 26.7 Å². The van der Waals surface area contributed by atoms with Crippen LogP contribution < -0.4 is 0 Å². The van der Waals surface area contributed by atoms with Crippen LogP contribution in [0.2, 0.25) is 0 Å². The van der Waals surface area contributed by atoms with Gasteiger partial charge < -0.3 is 10.0 Å². The Bertz CT molecular complexity index is 372. The van der Waals surface area contributed by atoms with Gasteiger partial charge in [-0.3, -0.25) is 9.59 Å². The van der Waals surface area contributed by atoms with Crippen molar-refractivity contribution in [2.75, 3.05) is 6.61 Å². The van der Waals surface area contributed by atoms with Gasteiger partial charge in [-0.15, -0.1) is 0 Å². The van der Waals surface area contributed by atoms with Crippen LogP contribution in [-0.4, -0.2) is 40.4 Å². The van der Waals surface area contributed by atoms with Crippen LogP contribution in [0.25, 0.3) is 0 Å². The second-order valence-electron chi connectivity index (χ2n) is 4.66. The molecule has 1 N–H and O–H groups in total. The van der Waals surface area contributed by atoms with E-state index in [1.54, 1.807) is 18.7 Å². The van der Waals surface area contributed by atoms with Crippen molar-refractivity contribution < 1.29 is 14.7 Å². The second-order valence-corrected chi connectivity index (χ2v) is 4.66. The first-order valence-electron chi connectivity index (χ1n) is 5.70. The number of nitrogens with zero attached hydrogens (tertiary/aromatic N) is 1. The molecule has 16 heavy (non-hydrogen) atoms. The van der Waals surface area contributed by atoms with E-state index in [-0.39, 0.29) is 30.4 Å². The summed E-state index contributed by atoms with van der Waals surface area (Å²) in [5.41, 5.74) is 1.11. The number of carbonyl (C=O) groups is 2. The molecule has 0 saturated carbocycles. The molecule has 0 aromatic carbocycles. The molecule has 0 aromatic rings. The zero-order valence-corrected chi connectivity index (χ0v) is 9.69.